The zero-order valence-electron chi connectivity index (χ0n) is 11.1. The number of aliphatic carboxylic acids is 1. The van der Waals surface area contributed by atoms with Crippen LogP contribution in [-0.4, -0.2) is 25.5 Å². The Morgan fingerprint density at radius 2 is 1.95 bits per heavy atom. The lowest BCUT2D eigenvalue weighted by molar-refractivity contribution is -0.141. The minimum atomic E-state index is -4.30. The van der Waals surface area contributed by atoms with Crippen LogP contribution in [0.5, 0.6) is 0 Å². The molecule has 0 saturated heterocycles. The zero-order chi connectivity index (χ0) is 15.7. The van der Waals surface area contributed by atoms with E-state index in [9.17, 15) is 17.6 Å². The van der Waals surface area contributed by atoms with Gasteiger partial charge in [0.2, 0.25) is 10.0 Å². The molecule has 0 amide bonds. The zero-order valence-corrected chi connectivity index (χ0v) is 12.7. The van der Waals surface area contributed by atoms with E-state index in [1.807, 2.05) is 4.72 Å². The number of halogens is 2. The van der Waals surface area contributed by atoms with Crippen LogP contribution in [0, 0.1) is 11.2 Å². The molecule has 0 fully saturated rings. The molecule has 0 radical (unpaired) electrons. The van der Waals surface area contributed by atoms with Crippen molar-refractivity contribution in [2.75, 3.05) is 0 Å². The molecule has 2 N–H and O–H groups in total. The monoisotopic (exact) mass is 323 g/mol. The van der Waals surface area contributed by atoms with Gasteiger partial charge in [0.25, 0.3) is 0 Å². The van der Waals surface area contributed by atoms with Crippen LogP contribution in [-0.2, 0) is 14.8 Å². The van der Waals surface area contributed by atoms with Gasteiger partial charge in [0.05, 0.1) is 0 Å². The minimum Gasteiger partial charge on any atom is -0.480 e. The summed E-state index contributed by atoms with van der Waals surface area (Å²) < 4.78 is 39.8. The average molecular weight is 324 g/mol. The van der Waals surface area contributed by atoms with Gasteiger partial charge in [-0.1, -0.05) is 32.4 Å². The number of benzene rings is 1. The summed E-state index contributed by atoms with van der Waals surface area (Å²) in [5.74, 6) is -2.38. The van der Waals surface area contributed by atoms with E-state index in [-0.39, 0.29) is 5.02 Å². The van der Waals surface area contributed by atoms with Crippen molar-refractivity contribution in [3.8, 4) is 0 Å². The van der Waals surface area contributed by atoms with Gasteiger partial charge < -0.3 is 5.11 Å². The van der Waals surface area contributed by atoms with Gasteiger partial charge >= 0.3 is 5.97 Å². The summed E-state index contributed by atoms with van der Waals surface area (Å²) in [5.41, 5.74) is -0.873. The molecular formula is C12H15ClFNO4S. The van der Waals surface area contributed by atoms with Gasteiger partial charge in [0.1, 0.15) is 16.8 Å². The fraction of sp³-hybridized carbons (Fsp3) is 0.417. The average Bonchev–Trinajstić information content (AvgIpc) is 2.23. The second kappa shape index (κ2) is 5.67. The van der Waals surface area contributed by atoms with Crippen LogP contribution in [0.2, 0.25) is 5.02 Å². The smallest absolute Gasteiger partial charge is 0.322 e. The van der Waals surface area contributed by atoms with Crippen molar-refractivity contribution in [1.29, 1.82) is 0 Å². The van der Waals surface area contributed by atoms with Crippen LogP contribution in [0.4, 0.5) is 4.39 Å². The highest BCUT2D eigenvalue weighted by molar-refractivity contribution is 7.89. The van der Waals surface area contributed by atoms with Crippen LogP contribution < -0.4 is 4.72 Å². The summed E-state index contributed by atoms with van der Waals surface area (Å²) in [5, 5.41) is 9.14. The fourth-order valence-electron chi connectivity index (χ4n) is 1.51. The number of carbonyl (C=O) groups is 1. The van der Waals surface area contributed by atoms with Gasteiger partial charge in [-0.05, 0) is 23.6 Å². The van der Waals surface area contributed by atoms with Gasteiger partial charge in [-0.2, -0.15) is 4.72 Å². The number of rotatable bonds is 4. The van der Waals surface area contributed by atoms with Gasteiger partial charge in [0.15, 0.2) is 0 Å². The third-order valence-electron chi connectivity index (χ3n) is 2.57. The number of hydrogen-bond donors (Lipinski definition) is 2. The Hall–Kier alpha value is -1.18. The van der Waals surface area contributed by atoms with Crippen molar-refractivity contribution in [1.82, 2.24) is 4.72 Å². The Balaban J connectivity index is 3.20. The highest BCUT2D eigenvalue weighted by atomic mass is 35.5. The minimum absolute atomic E-state index is 0.0482. The Bertz CT molecular complexity index is 625. The van der Waals surface area contributed by atoms with Crippen LogP contribution in [0.3, 0.4) is 0 Å². The summed E-state index contributed by atoms with van der Waals surface area (Å²) in [6, 6.07) is 1.67. The Kier molecular flexibility index (Phi) is 4.78. The first-order valence-electron chi connectivity index (χ1n) is 5.65. The quantitative estimate of drug-likeness (QED) is 0.890. The molecule has 0 heterocycles. The van der Waals surface area contributed by atoms with Gasteiger partial charge in [-0.15, -0.1) is 0 Å². The highest BCUT2D eigenvalue weighted by Gasteiger charge is 2.36. The second-order valence-electron chi connectivity index (χ2n) is 5.33. The molecule has 112 valence electrons. The molecule has 0 aliphatic carbocycles. The molecule has 0 aromatic heterocycles. The topological polar surface area (TPSA) is 83.5 Å². The molecule has 0 spiro atoms. The van der Waals surface area contributed by atoms with Crippen molar-refractivity contribution in [3.63, 3.8) is 0 Å². The van der Waals surface area contributed by atoms with E-state index >= 15 is 0 Å². The Labute approximate surface area is 121 Å². The summed E-state index contributed by atoms with van der Waals surface area (Å²) in [7, 11) is -4.30. The predicted molar refractivity (Wildman–Crippen MR) is 72.6 cm³/mol. The van der Waals surface area contributed by atoms with Crippen LogP contribution >= 0.6 is 11.6 Å². The summed E-state index contributed by atoms with van der Waals surface area (Å²) >= 11 is 5.55. The van der Waals surface area contributed by atoms with Gasteiger partial charge in [-0.3, -0.25) is 4.79 Å². The maximum absolute atomic E-state index is 13.6. The van der Waals surface area contributed by atoms with Gasteiger partial charge in [0, 0.05) is 5.02 Å². The molecule has 1 aromatic carbocycles. The molecule has 0 unspecified atom stereocenters. The maximum Gasteiger partial charge on any atom is 0.322 e. The molecule has 0 aliphatic rings. The van der Waals surface area contributed by atoms with E-state index in [0.29, 0.717) is 0 Å². The third kappa shape index (κ3) is 3.91. The molecule has 0 aliphatic heterocycles. The maximum atomic E-state index is 13.6. The first kappa shape index (κ1) is 16.9. The molecule has 1 aromatic rings. The normalized spacial score (nSPS) is 14.1. The van der Waals surface area contributed by atoms with Crippen LogP contribution in [0.15, 0.2) is 23.1 Å². The number of carboxylic acid groups (broad SMARTS) is 1. The van der Waals surface area contributed by atoms with E-state index < -0.39 is 38.2 Å². The first-order chi connectivity index (χ1) is 8.95. The van der Waals surface area contributed by atoms with E-state index in [4.69, 9.17) is 16.7 Å². The van der Waals surface area contributed by atoms with Crippen molar-refractivity contribution < 1.29 is 22.7 Å². The predicted octanol–water partition coefficient (Wildman–Crippen LogP) is 2.26. The number of sulfonamides is 1. The van der Waals surface area contributed by atoms with Gasteiger partial charge in [-0.25, -0.2) is 12.8 Å². The highest BCUT2D eigenvalue weighted by Crippen LogP contribution is 2.24. The van der Waals surface area contributed by atoms with Crippen LogP contribution in [0.1, 0.15) is 20.8 Å². The first-order valence-corrected chi connectivity index (χ1v) is 7.51. The molecule has 1 atom stereocenters. The van der Waals surface area contributed by atoms with Crippen molar-refractivity contribution in [3.05, 3.63) is 29.0 Å². The lowest BCUT2D eigenvalue weighted by Crippen LogP contribution is -2.49. The molecule has 1 rings (SSSR count). The van der Waals surface area contributed by atoms with E-state index in [0.717, 1.165) is 12.1 Å². The van der Waals surface area contributed by atoms with Crippen molar-refractivity contribution in [2.24, 2.45) is 5.41 Å². The van der Waals surface area contributed by atoms with E-state index in [1.54, 1.807) is 20.8 Å². The standard InChI is InChI=1S/C12H15ClFNO4S/c1-12(2,3)10(11(16)17)15-20(18,19)9-5-4-7(13)6-8(9)14/h4-6,10,15H,1-3H3,(H,16,17)/t10-/m1/s1. The third-order valence-corrected chi connectivity index (χ3v) is 4.26. The molecule has 20 heavy (non-hydrogen) atoms. The lowest BCUT2D eigenvalue weighted by Gasteiger charge is -2.27. The summed E-state index contributed by atoms with van der Waals surface area (Å²) in [4.78, 5) is 10.5. The second-order valence-corrected chi connectivity index (χ2v) is 7.45. The number of carboxylic acids is 1. The molecule has 5 nitrogen and oxygen atoms in total. The van der Waals surface area contributed by atoms with E-state index in [1.165, 1.54) is 6.07 Å². The SMILES string of the molecule is CC(C)(C)[C@H](NS(=O)(=O)c1ccc(Cl)cc1F)C(=O)O. The van der Waals surface area contributed by atoms with Crippen molar-refractivity contribution in [2.45, 2.75) is 31.7 Å². The summed E-state index contributed by atoms with van der Waals surface area (Å²) in [6.07, 6.45) is 0. The molecule has 0 saturated carbocycles. The van der Waals surface area contributed by atoms with Crippen LogP contribution in [0.25, 0.3) is 0 Å². The largest absolute Gasteiger partial charge is 0.480 e. The fourth-order valence-corrected chi connectivity index (χ4v) is 3.12. The number of nitrogens with one attached hydrogen (secondary N) is 1. The molecule has 8 heteroatoms. The molecule has 0 bridgehead atoms. The summed E-state index contributed by atoms with van der Waals surface area (Å²) in [6.45, 7) is 4.69. The number of hydrogen-bond acceptors (Lipinski definition) is 3. The Morgan fingerprint density at radius 1 is 1.40 bits per heavy atom. The Morgan fingerprint density at radius 3 is 2.35 bits per heavy atom. The molecular weight excluding hydrogens is 309 g/mol. The van der Waals surface area contributed by atoms with Crippen molar-refractivity contribution >= 4 is 27.6 Å². The van der Waals surface area contributed by atoms with E-state index in [2.05, 4.69) is 0 Å². The lowest BCUT2D eigenvalue weighted by atomic mass is 9.88.